The molecule has 6 N–H and O–H groups in total. The van der Waals surface area contributed by atoms with E-state index >= 15 is 0 Å². The maximum atomic E-state index is 14.1. The van der Waals surface area contributed by atoms with E-state index in [0.717, 1.165) is 11.6 Å². The molecule has 3 aromatic rings. The fourth-order valence-corrected chi connectivity index (χ4v) is 2.47. The first kappa shape index (κ1) is 19.1. The van der Waals surface area contributed by atoms with Crippen LogP contribution < -0.4 is 22.0 Å². The Bertz CT molecular complexity index is 1010. The smallest absolute Gasteiger partial charge is 0.182 e. The molecule has 1 aromatic heterocycles. The number of pyridine rings is 1. The van der Waals surface area contributed by atoms with Crippen LogP contribution in [0.1, 0.15) is 5.56 Å². The standard InChI is InChI=1S/C19H18F2N6O/c1-23-27-26-19(25-16-4-2-3-15(20)17(16)21)14-9-12(10-24-18(14)22)11-5-7-13(28)8-6-11/h2-10,23,27-28H,1H3,(H2,22,24)(H,25,26). The van der Waals surface area contributed by atoms with Crippen molar-refractivity contribution >= 4 is 17.3 Å². The summed E-state index contributed by atoms with van der Waals surface area (Å²) in [5.41, 5.74) is 12.9. The Labute approximate surface area is 159 Å². The van der Waals surface area contributed by atoms with Crippen LogP contribution in [0.3, 0.4) is 0 Å². The number of nitrogens with one attached hydrogen (secondary N) is 3. The van der Waals surface area contributed by atoms with E-state index in [1.165, 1.54) is 12.1 Å². The molecule has 0 radical (unpaired) electrons. The van der Waals surface area contributed by atoms with Crippen molar-refractivity contribution < 1.29 is 13.9 Å². The van der Waals surface area contributed by atoms with Crippen molar-refractivity contribution in [3.05, 3.63) is 71.9 Å². The molecule has 0 fully saturated rings. The topological polar surface area (TPSA) is 108 Å². The van der Waals surface area contributed by atoms with Gasteiger partial charge in [0.15, 0.2) is 17.5 Å². The van der Waals surface area contributed by atoms with E-state index in [4.69, 9.17) is 5.73 Å². The minimum absolute atomic E-state index is 0.105. The quantitative estimate of drug-likeness (QED) is 0.263. The number of nitrogen functional groups attached to an aromatic ring is 1. The number of halogens is 2. The fraction of sp³-hybridized carbons (Fsp3) is 0.0526. The van der Waals surface area contributed by atoms with Crippen molar-refractivity contribution in [2.75, 3.05) is 18.1 Å². The zero-order chi connectivity index (χ0) is 20.1. The monoisotopic (exact) mass is 384 g/mol. The van der Waals surface area contributed by atoms with Gasteiger partial charge < -0.3 is 16.2 Å². The molecular formula is C19H18F2N6O. The van der Waals surface area contributed by atoms with Crippen molar-refractivity contribution in [2.45, 2.75) is 0 Å². The zero-order valence-corrected chi connectivity index (χ0v) is 14.9. The number of hydrazone groups is 1. The van der Waals surface area contributed by atoms with Crippen LogP contribution in [0.15, 0.2) is 59.8 Å². The Morgan fingerprint density at radius 2 is 1.86 bits per heavy atom. The van der Waals surface area contributed by atoms with Gasteiger partial charge in [0, 0.05) is 18.8 Å². The van der Waals surface area contributed by atoms with Crippen molar-refractivity contribution in [3.8, 4) is 16.9 Å². The molecule has 0 spiro atoms. The van der Waals surface area contributed by atoms with E-state index in [9.17, 15) is 13.9 Å². The van der Waals surface area contributed by atoms with E-state index in [-0.39, 0.29) is 23.1 Å². The lowest BCUT2D eigenvalue weighted by Gasteiger charge is -2.14. The SMILES string of the molecule is CNN/N=C(\Nc1cccc(F)c1F)c1cc(-c2ccc(O)cc2)cnc1N. The third-order valence-corrected chi connectivity index (χ3v) is 3.86. The maximum absolute atomic E-state index is 14.1. The molecule has 28 heavy (non-hydrogen) atoms. The number of amidine groups is 1. The number of anilines is 2. The summed E-state index contributed by atoms with van der Waals surface area (Å²) in [4.78, 5) is 4.17. The molecule has 7 nitrogen and oxygen atoms in total. The highest BCUT2D eigenvalue weighted by Crippen LogP contribution is 2.25. The summed E-state index contributed by atoms with van der Waals surface area (Å²) in [5, 5.41) is 16.3. The van der Waals surface area contributed by atoms with Gasteiger partial charge >= 0.3 is 0 Å². The first-order valence-electron chi connectivity index (χ1n) is 8.25. The minimum atomic E-state index is -1.04. The number of rotatable bonds is 5. The van der Waals surface area contributed by atoms with Crippen LogP contribution in [0.2, 0.25) is 0 Å². The third kappa shape index (κ3) is 4.15. The van der Waals surface area contributed by atoms with Crippen LogP contribution in [0.5, 0.6) is 5.75 Å². The molecule has 0 aliphatic heterocycles. The molecule has 1 heterocycles. The number of aromatic hydroxyl groups is 1. The maximum Gasteiger partial charge on any atom is 0.182 e. The van der Waals surface area contributed by atoms with Gasteiger partial charge in [-0.25, -0.2) is 24.7 Å². The van der Waals surface area contributed by atoms with Crippen LogP contribution in [0.25, 0.3) is 11.1 Å². The third-order valence-electron chi connectivity index (χ3n) is 3.86. The highest BCUT2D eigenvalue weighted by molar-refractivity contribution is 6.11. The van der Waals surface area contributed by atoms with E-state index in [2.05, 4.69) is 26.4 Å². The number of hydrogen-bond donors (Lipinski definition) is 5. The van der Waals surface area contributed by atoms with Crippen molar-refractivity contribution in [1.82, 2.24) is 15.9 Å². The number of nitrogens with zero attached hydrogens (tertiary/aromatic N) is 2. The molecule has 0 saturated heterocycles. The van der Waals surface area contributed by atoms with Crippen LogP contribution in [-0.4, -0.2) is 23.0 Å². The summed E-state index contributed by atoms with van der Waals surface area (Å²) in [6.07, 6.45) is 1.57. The van der Waals surface area contributed by atoms with Crippen molar-refractivity contribution in [2.24, 2.45) is 5.10 Å². The average Bonchev–Trinajstić information content (AvgIpc) is 2.69. The molecule has 9 heteroatoms. The van der Waals surface area contributed by atoms with Gasteiger partial charge in [0.2, 0.25) is 0 Å². The number of nitrogens with two attached hydrogens (primary N) is 1. The van der Waals surface area contributed by atoms with Crippen LogP contribution >= 0.6 is 0 Å². The Balaban J connectivity index is 2.03. The summed E-state index contributed by atoms with van der Waals surface area (Å²) in [6, 6.07) is 12.0. The largest absolute Gasteiger partial charge is 0.508 e. The molecule has 0 aliphatic rings. The van der Waals surface area contributed by atoms with E-state index < -0.39 is 11.6 Å². The highest BCUT2D eigenvalue weighted by Gasteiger charge is 2.15. The Kier molecular flexibility index (Phi) is 5.66. The molecular weight excluding hydrogens is 366 g/mol. The fourth-order valence-electron chi connectivity index (χ4n) is 2.47. The van der Waals surface area contributed by atoms with Gasteiger partial charge in [-0.15, -0.1) is 5.10 Å². The summed E-state index contributed by atoms with van der Waals surface area (Å²) in [7, 11) is 1.60. The second kappa shape index (κ2) is 8.31. The molecule has 0 amide bonds. The molecule has 144 valence electrons. The average molecular weight is 384 g/mol. The predicted molar refractivity (Wildman–Crippen MR) is 104 cm³/mol. The van der Waals surface area contributed by atoms with Gasteiger partial charge in [-0.3, -0.25) is 0 Å². The molecule has 0 saturated carbocycles. The van der Waals surface area contributed by atoms with Crippen LogP contribution in [0, 0.1) is 11.6 Å². The van der Waals surface area contributed by atoms with Crippen molar-refractivity contribution in [1.29, 1.82) is 0 Å². The Morgan fingerprint density at radius 1 is 1.11 bits per heavy atom. The molecule has 0 aliphatic carbocycles. The lowest BCUT2D eigenvalue weighted by Crippen LogP contribution is -2.27. The summed E-state index contributed by atoms with van der Waals surface area (Å²) in [6.45, 7) is 0. The summed E-state index contributed by atoms with van der Waals surface area (Å²) in [5.74, 6) is -1.63. The van der Waals surface area contributed by atoms with Crippen molar-refractivity contribution in [3.63, 3.8) is 0 Å². The minimum Gasteiger partial charge on any atom is -0.508 e. The number of aromatic nitrogens is 1. The van der Waals surface area contributed by atoms with Gasteiger partial charge in [-0.2, -0.15) is 0 Å². The number of benzene rings is 2. The zero-order valence-electron chi connectivity index (χ0n) is 14.9. The van der Waals surface area contributed by atoms with Gasteiger partial charge in [0.05, 0.1) is 11.3 Å². The van der Waals surface area contributed by atoms with Crippen LogP contribution in [-0.2, 0) is 0 Å². The number of phenols is 1. The second-order valence-electron chi connectivity index (χ2n) is 5.75. The van der Waals surface area contributed by atoms with E-state index in [0.29, 0.717) is 11.1 Å². The first-order valence-corrected chi connectivity index (χ1v) is 8.25. The normalized spacial score (nSPS) is 11.3. The molecule has 0 atom stereocenters. The Hall–Kier alpha value is -3.72. The molecule has 2 aromatic carbocycles. The highest BCUT2D eigenvalue weighted by atomic mass is 19.2. The second-order valence-corrected chi connectivity index (χ2v) is 5.75. The molecule has 0 bridgehead atoms. The lowest BCUT2D eigenvalue weighted by atomic mass is 10.0. The summed E-state index contributed by atoms with van der Waals surface area (Å²) < 4.78 is 27.6. The summed E-state index contributed by atoms with van der Waals surface area (Å²) >= 11 is 0. The van der Waals surface area contributed by atoms with Gasteiger partial charge in [0.1, 0.15) is 11.6 Å². The van der Waals surface area contributed by atoms with Crippen LogP contribution in [0.4, 0.5) is 20.3 Å². The Morgan fingerprint density at radius 3 is 2.57 bits per heavy atom. The van der Waals surface area contributed by atoms with E-state index in [1.54, 1.807) is 43.6 Å². The number of hydrazine groups is 1. The predicted octanol–water partition coefficient (Wildman–Crippen LogP) is 2.81. The lowest BCUT2D eigenvalue weighted by molar-refractivity contribution is 0.475. The number of phenolic OH excluding ortho intramolecular Hbond substituents is 1. The molecule has 0 unspecified atom stereocenters. The van der Waals surface area contributed by atoms with E-state index in [1.807, 2.05) is 0 Å². The van der Waals surface area contributed by atoms with Gasteiger partial charge in [-0.05, 0) is 35.9 Å². The number of hydrogen-bond acceptors (Lipinski definition) is 6. The van der Waals surface area contributed by atoms with Gasteiger partial charge in [-0.1, -0.05) is 18.2 Å². The van der Waals surface area contributed by atoms with Gasteiger partial charge in [0.25, 0.3) is 0 Å². The molecule has 3 rings (SSSR count). The first-order chi connectivity index (χ1) is 13.5.